The molecule has 0 fully saturated rings. The minimum Gasteiger partial charge on any atom is -0.493 e. The van der Waals surface area contributed by atoms with Gasteiger partial charge < -0.3 is 24.8 Å². The topological polar surface area (TPSA) is 68.8 Å². The van der Waals surface area contributed by atoms with E-state index in [-0.39, 0.29) is 24.7 Å². The molecule has 146 valence electrons. The van der Waals surface area contributed by atoms with Crippen molar-refractivity contribution in [3.63, 3.8) is 0 Å². The summed E-state index contributed by atoms with van der Waals surface area (Å²) in [4.78, 5) is 11.9. The van der Waals surface area contributed by atoms with Crippen LogP contribution in [0.1, 0.15) is 5.56 Å². The van der Waals surface area contributed by atoms with Crippen LogP contribution >= 0.6 is 0 Å². The summed E-state index contributed by atoms with van der Waals surface area (Å²) in [6, 6.07) is 10.5. The highest BCUT2D eigenvalue weighted by atomic mass is 19.4. The largest absolute Gasteiger partial charge is 0.573 e. The van der Waals surface area contributed by atoms with Crippen LogP contribution in [0.25, 0.3) is 0 Å². The molecule has 2 aromatic rings. The number of halogens is 3. The summed E-state index contributed by atoms with van der Waals surface area (Å²) < 4.78 is 50.8. The molecule has 1 amide bonds. The molecule has 0 aliphatic rings. The molecule has 0 heterocycles. The van der Waals surface area contributed by atoms with Gasteiger partial charge in [0.15, 0.2) is 11.5 Å². The molecule has 0 saturated carbocycles. The maximum atomic E-state index is 12.2. The number of alkyl halides is 3. The molecule has 0 bridgehead atoms. The summed E-state index contributed by atoms with van der Waals surface area (Å²) in [5, 5.41) is 5.45. The first-order valence-electron chi connectivity index (χ1n) is 7.88. The van der Waals surface area contributed by atoms with Gasteiger partial charge in [0.25, 0.3) is 0 Å². The number of amides is 1. The van der Waals surface area contributed by atoms with Gasteiger partial charge in [0.1, 0.15) is 5.75 Å². The lowest BCUT2D eigenvalue weighted by Crippen LogP contribution is -2.29. The molecule has 27 heavy (non-hydrogen) atoms. The summed E-state index contributed by atoms with van der Waals surface area (Å²) in [6.07, 6.45) is -4.77. The average Bonchev–Trinajstić information content (AvgIpc) is 2.63. The van der Waals surface area contributed by atoms with E-state index in [4.69, 9.17) is 9.47 Å². The van der Waals surface area contributed by atoms with Gasteiger partial charge in [-0.1, -0.05) is 12.1 Å². The minimum absolute atomic E-state index is 0.108. The Kier molecular flexibility index (Phi) is 6.75. The fraction of sp³-hybridized carbons (Fsp3) is 0.278. The van der Waals surface area contributed by atoms with Crippen LogP contribution < -0.4 is 24.8 Å². The molecule has 2 rings (SSSR count). The normalized spacial score (nSPS) is 10.9. The summed E-state index contributed by atoms with van der Waals surface area (Å²) in [7, 11) is 3.04. The van der Waals surface area contributed by atoms with E-state index in [0.29, 0.717) is 17.2 Å². The quantitative estimate of drug-likeness (QED) is 0.731. The first-order chi connectivity index (χ1) is 12.8. The van der Waals surface area contributed by atoms with Gasteiger partial charge in [-0.2, -0.15) is 0 Å². The van der Waals surface area contributed by atoms with Crippen molar-refractivity contribution in [1.29, 1.82) is 0 Å². The Hall–Kier alpha value is -3.10. The van der Waals surface area contributed by atoms with E-state index in [1.165, 1.54) is 32.4 Å². The van der Waals surface area contributed by atoms with Gasteiger partial charge in [-0.05, 0) is 29.8 Å². The van der Waals surface area contributed by atoms with Gasteiger partial charge in [-0.3, -0.25) is 4.79 Å². The van der Waals surface area contributed by atoms with E-state index in [0.717, 1.165) is 11.6 Å². The number of rotatable bonds is 8. The Morgan fingerprint density at radius 1 is 1.04 bits per heavy atom. The van der Waals surface area contributed by atoms with Crippen molar-refractivity contribution in [3.8, 4) is 17.2 Å². The molecule has 0 unspecified atom stereocenters. The highest BCUT2D eigenvalue weighted by Crippen LogP contribution is 2.27. The van der Waals surface area contributed by atoms with Gasteiger partial charge in [0, 0.05) is 18.3 Å². The van der Waals surface area contributed by atoms with Crippen LogP contribution in [0.2, 0.25) is 0 Å². The van der Waals surface area contributed by atoms with Crippen LogP contribution in [-0.4, -0.2) is 33.0 Å². The Balaban J connectivity index is 1.85. The fourth-order valence-electron chi connectivity index (χ4n) is 2.24. The predicted octanol–water partition coefficient (Wildman–Crippen LogP) is 3.33. The molecule has 2 N–H and O–H groups in total. The van der Waals surface area contributed by atoms with E-state index in [2.05, 4.69) is 15.4 Å². The van der Waals surface area contributed by atoms with Gasteiger partial charge in [0.2, 0.25) is 5.91 Å². The van der Waals surface area contributed by atoms with Gasteiger partial charge >= 0.3 is 6.36 Å². The molecule has 0 radical (unpaired) electrons. The number of carbonyl (C=O) groups is 1. The summed E-state index contributed by atoms with van der Waals surface area (Å²) in [6.45, 7) is 0.154. The highest BCUT2D eigenvalue weighted by Gasteiger charge is 2.31. The molecule has 9 heteroatoms. The average molecular weight is 384 g/mol. The van der Waals surface area contributed by atoms with Crippen LogP contribution in [0.5, 0.6) is 17.2 Å². The van der Waals surface area contributed by atoms with Crippen molar-refractivity contribution in [2.75, 3.05) is 26.1 Å². The molecule has 0 spiro atoms. The van der Waals surface area contributed by atoms with Crippen molar-refractivity contribution in [1.82, 2.24) is 5.32 Å². The highest BCUT2D eigenvalue weighted by molar-refractivity contribution is 5.80. The zero-order valence-electron chi connectivity index (χ0n) is 14.7. The Morgan fingerprint density at radius 2 is 1.78 bits per heavy atom. The number of anilines is 1. The smallest absolute Gasteiger partial charge is 0.493 e. The third-order valence-corrected chi connectivity index (χ3v) is 3.46. The number of hydrogen-bond donors (Lipinski definition) is 2. The molecule has 0 aliphatic heterocycles. The van der Waals surface area contributed by atoms with Crippen molar-refractivity contribution in [2.45, 2.75) is 12.9 Å². The lowest BCUT2D eigenvalue weighted by atomic mass is 10.2. The van der Waals surface area contributed by atoms with Crippen molar-refractivity contribution in [2.24, 2.45) is 0 Å². The third kappa shape index (κ3) is 6.61. The predicted molar refractivity (Wildman–Crippen MR) is 93.0 cm³/mol. The van der Waals surface area contributed by atoms with E-state index < -0.39 is 6.36 Å². The molecular weight excluding hydrogens is 365 g/mol. The molecule has 6 nitrogen and oxygen atoms in total. The van der Waals surface area contributed by atoms with Crippen molar-refractivity contribution < 1.29 is 32.2 Å². The van der Waals surface area contributed by atoms with Crippen LogP contribution in [0, 0.1) is 0 Å². The number of nitrogens with one attached hydrogen (secondary N) is 2. The lowest BCUT2D eigenvalue weighted by Gasteiger charge is -2.12. The Labute approximate surface area is 154 Å². The molecule has 2 aromatic carbocycles. The second-order valence-electron chi connectivity index (χ2n) is 5.40. The van der Waals surface area contributed by atoms with Crippen LogP contribution in [0.3, 0.4) is 0 Å². The second kappa shape index (κ2) is 9.02. The van der Waals surface area contributed by atoms with Crippen molar-refractivity contribution >= 4 is 11.6 Å². The van der Waals surface area contributed by atoms with Crippen LogP contribution in [0.4, 0.5) is 18.9 Å². The molecule has 0 aliphatic carbocycles. The number of ether oxygens (including phenoxy) is 3. The first-order valence-corrected chi connectivity index (χ1v) is 7.88. The molecular formula is C18H19F3N2O4. The number of carbonyl (C=O) groups excluding carboxylic acids is 1. The fourth-order valence-corrected chi connectivity index (χ4v) is 2.24. The minimum atomic E-state index is -4.77. The third-order valence-electron chi connectivity index (χ3n) is 3.46. The molecule has 0 saturated heterocycles. The number of benzene rings is 2. The lowest BCUT2D eigenvalue weighted by molar-refractivity contribution is -0.274. The Morgan fingerprint density at radius 3 is 2.44 bits per heavy atom. The zero-order chi connectivity index (χ0) is 19.9. The zero-order valence-corrected chi connectivity index (χ0v) is 14.7. The number of methoxy groups -OCH3 is 2. The summed E-state index contributed by atoms with van der Waals surface area (Å²) in [5.41, 5.74) is 1.14. The maximum absolute atomic E-state index is 12.2. The van der Waals surface area contributed by atoms with Crippen LogP contribution in [0.15, 0.2) is 42.5 Å². The number of hydrogen-bond acceptors (Lipinski definition) is 5. The Bertz CT molecular complexity index is 781. The first kappa shape index (κ1) is 20.2. The molecule has 0 atom stereocenters. The SMILES string of the molecule is COc1ccc(CNC(=O)CNc2cccc(OC(F)(F)F)c2)cc1OC. The summed E-state index contributed by atoms with van der Waals surface area (Å²) >= 11 is 0. The van der Waals surface area contributed by atoms with E-state index >= 15 is 0 Å². The summed E-state index contributed by atoms with van der Waals surface area (Å²) in [5.74, 6) is 0.434. The van der Waals surface area contributed by atoms with E-state index in [9.17, 15) is 18.0 Å². The van der Waals surface area contributed by atoms with Gasteiger partial charge in [0.05, 0.1) is 20.8 Å². The molecule has 0 aromatic heterocycles. The standard InChI is InChI=1S/C18H19F3N2O4/c1-25-15-7-6-12(8-16(15)26-2)10-23-17(24)11-22-13-4-3-5-14(9-13)27-18(19,20)21/h3-9,22H,10-11H2,1-2H3,(H,23,24). The monoisotopic (exact) mass is 384 g/mol. The maximum Gasteiger partial charge on any atom is 0.573 e. The van der Waals surface area contributed by atoms with Crippen LogP contribution in [-0.2, 0) is 11.3 Å². The van der Waals surface area contributed by atoms with Gasteiger partial charge in [-0.25, -0.2) is 0 Å². The van der Waals surface area contributed by atoms with Crippen molar-refractivity contribution in [3.05, 3.63) is 48.0 Å². The van der Waals surface area contributed by atoms with E-state index in [1.807, 2.05) is 0 Å². The van der Waals surface area contributed by atoms with Gasteiger partial charge in [-0.15, -0.1) is 13.2 Å². The second-order valence-corrected chi connectivity index (χ2v) is 5.40. The van der Waals surface area contributed by atoms with E-state index in [1.54, 1.807) is 18.2 Å².